The lowest BCUT2D eigenvalue weighted by atomic mass is 9.95. The number of piperidine rings is 1. The number of methoxy groups -OCH3 is 1. The molecule has 26 heavy (non-hydrogen) atoms. The van der Waals surface area contributed by atoms with Crippen LogP contribution in [-0.2, 0) is 9.59 Å². The molecule has 1 fully saturated rings. The summed E-state index contributed by atoms with van der Waals surface area (Å²) in [5.74, 6) is 0.733. The number of carbonyl (C=O) groups excluding carboxylic acids is 2. The Kier molecular flexibility index (Phi) is 7.45. The normalized spacial score (nSPS) is 19.2. The highest BCUT2D eigenvalue weighted by Crippen LogP contribution is 2.24. The van der Waals surface area contributed by atoms with Gasteiger partial charge in [-0.25, -0.2) is 0 Å². The van der Waals surface area contributed by atoms with E-state index < -0.39 is 0 Å². The van der Waals surface area contributed by atoms with Crippen LogP contribution in [0.3, 0.4) is 0 Å². The molecule has 2 rings (SSSR count). The predicted molar refractivity (Wildman–Crippen MR) is 102 cm³/mol. The Labute approximate surface area is 156 Å². The molecule has 6 nitrogen and oxygen atoms in total. The number of nitrogens with one attached hydrogen (secondary N) is 1. The maximum absolute atomic E-state index is 12.7. The highest BCUT2D eigenvalue weighted by Gasteiger charge is 2.27. The van der Waals surface area contributed by atoms with E-state index in [1.807, 2.05) is 24.3 Å². The van der Waals surface area contributed by atoms with E-state index in [2.05, 4.69) is 24.1 Å². The van der Waals surface area contributed by atoms with Crippen molar-refractivity contribution in [2.75, 3.05) is 20.2 Å². The summed E-state index contributed by atoms with van der Waals surface area (Å²) in [7, 11) is 1.64. The molecule has 1 heterocycles. The molecule has 0 aromatic heterocycles. The van der Waals surface area contributed by atoms with E-state index in [-0.39, 0.29) is 29.8 Å². The van der Waals surface area contributed by atoms with Gasteiger partial charge in [0, 0.05) is 12.5 Å². The number of benzene rings is 1. The molecule has 0 bridgehead atoms. The van der Waals surface area contributed by atoms with E-state index in [0.717, 1.165) is 37.1 Å². The summed E-state index contributed by atoms with van der Waals surface area (Å²) in [6, 6.07) is 7.80. The Balaban J connectivity index is 2.01. The van der Waals surface area contributed by atoms with E-state index >= 15 is 0 Å². The molecular weight excluding hydrogens is 330 g/mol. The summed E-state index contributed by atoms with van der Waals surface area (Å²) >= 11 is 0. The van der Waals surface area contributed by atoms with Crippen LogP contribution in [0.2, 0.25) is 0 Å². The number of ether oxygens (including phenoxy) is 1. The first-order valence-electron chi connectivity index (χ1n) is 9.36. The van der Waals surface area contributed by atoms with Crippen molar-refractivity contribution in [1.29, 1.82) is 0 Å². The van der Waals surface area contributed by atoms with Gasteiger partial charge in [0.05, 0.1) is 19.7 Å². The fraction of sp³-hybridized carbons (Fsp3) is 0.600. The molecule has 0 radical (unpaired) electrons. The minimum absolute atomic E-state index is 0.0177. The van der Waals surface area contributed by atoms with Gasteiger partial charge in [0.25, 0.3) is 0 Å². The summed E-state index contributed by atoms with van der Waals surface area (Å²) in [6.45, 7) is 5.31. The van der Waals surface area contributed by atoms with E-state index in [9.17, 15) is 9.59 Å². The smallest absolute Gasteiger partial charge is 0.234 e. The number of likely N-dealkylation sites (tertiary alicyclic amines) is 1. The van der Waals surface area contributed by atoms with Crippen molar-refractivity contribution < 1.29 is 14.3 Å². The van der Waals surface area contributed by atoms with Gasteiger partial charge >= 0.3 is 0 Å². The zero-order chi connectivity index (χ0) is 19.1. The average molecular weight is 361 g/mol. The number of nitrogens with zero attached hydrogens (tertiary/aromatic N) is 1. The minimum atomic E-state index is -0.305. The van der Waals surface area contributed by atoms with Gasteiger partial charge in [-0.15, -0.1) is 0 Å². The molecule has 1 saturated heterocycles. The first-order chi connectivity index (χ1) is 12.4. The van der Waals surface area contributed by atoms with Gasteiger partial charge in [-0.05, 0) is 43.0 Å². The first-order valence-corrected chi connectivity index (χ1v) is 9.36. The number of primary amides is 1. The summed E-state index contributed by atoms with van der Waals surface area (Å²) in [6.07, 6.45) is 3.37. The van der Waals surface area contributed by atoms with Crippen molar-refractivity contribution in [3.8, 4) is 5.75 Å². The molecule has 0 saturated carbocycles. The first kappa shape index (κ1) is 20.2. The average Bonchev–Trinajstić information content (AvgIpc) is 2.61. The van der Waals surface area contributed by atoms with Crippen LogP contribution >= 0.6 is 0 Å². The van der Waals surface area contributed by atoms with Crippen LogP contribution in [-0.4, -0.2) is 43.0 Å². The molecular formula is C20H31N3O3. The third-order valence-electron chi connectivity index (χ3n) is 4.99. The van der Waals surface area contributed by atoms with Crippen molar-refractivity contribution in [1.82, 2.24) is 10.2 Å². The number of amides is 2. The van der Waals surface area contributed by atoms with Crippen LogP contribution in [0, 0.1) is 5.92 Å². The Morgan fingerprint density at radius 3 is 2.54 bits per heavy atom. The highest BCUT2D eigenvalue weighted by atomic mass is 16.5. The van der Waals surface area contributed by atoms with Crippen LogP contribution in [0.25, 0.3) is 0 Å². The number of rotatable bonds is 8. The van der Waals surface area contributed by atoms with E-state index in [0.29, 0.717) is 13.0 Å². The molecule has 2 unspecified atom stereocenters. The third-order valence-corrected chi connectivity index (χ3v) is 4.99. The SMILES string of the molecule is COc1ccc(C(NC(=O)CN2CCCCC2CC(N)=O)C(C)C)cc1. The second kappa shape index (κ2) is 9.57. The molecule has 2 amide bonds. The lowest BCUT2D eigenvalue weighted by Gasteiger charge is -2.35. The molecule has 2 atom stereocenters. The van der Waals surface area contributed by atoms with Crippen molar-refractivity contribution in [2.45, 2.75) is 51.6 Å². The van der Waals surface area contributed by atoms with Crippen molar-refractivity contribution in [3.05, 3.63) is 29.8 Å². The van der Waals surface area contributed by atoms with Gasteiger partial charge in [-0.3, -0.25) is 14.5 Å². The van der Waals surface area contributed by atoms with Gasteiger partial charge in [0.15, 0.2) is 0 Å². The Bertz CT molecular complexity index is 601. The fourth-order valence-electron chi connectivity index (χ4n) is 3.58. The summed E-state index contributed by atoms with van der Waals surface area (Å²) in [5, 5.41) is 3.15. The summed E-state index contributed by atoms with van der Waals surface area (Å²) in [4.78, 5) is 26.0. The van der Waals surface area contributed by atoms with Gasteiger partial charge in [-0.2, -0.15) is 0 Å². The number of nitrogens with two attached hydrogens (primary N) is 1. The number of hydrogen-bond acceptors (Lipinski definition) is 4. The molecule has 1 aromatic rings. The molecule has 0 spiro atoms. The maximum atomic E-state index is 12.7. The standard InChI is InChI=1S/C20H31N3O3/c1-14(2)20(15-7-9-17(26-3)10-8-15)22-19(25)13-23-11-5-4-6-16(23)12-18(21)24/h7-10,14,16,20H,4-6,11-13H2,1-3H3,(H2,21,24)(H,22,25). The number of carbonyl (C=O) groups is 2. The molecule has 1 aromatic carbocycles. The van der Waals surface area contributed by atoms with Crippen LogP contribution in [0.15, 0.2) is 24.3 Å². The monoisotopic (exact) mass is 361 g/mol. The largest absolute Gasteiger partial charge is 0.497 e. The van der Waals surface area contributed by atoms with Gasteiger partial charge in [0.2, 0.25) is 11.8 Å². The van der Waals surface area contributed by atoms with Crippen molar-refractivity contribution in [2.24, 2.45) is 11.7 Å². The fourth-order valence-corrected chi connectivity index (χ4v) is 3.58. The zero-order valence-electron chi connectivity index (χ0n) is 16.0. The second-order valence-electron chi connectivity index (χ2n) is 7.35. The van der Waals surface area contributed by atoms with Crippen LogP contribution in [0.5, 0.6) is 5.75 Å². The lowest BCUT2D eigenvalue weighted by Crippen LogP contribution is -2.47. The van der Waals surface area contributed by atoms with Gasteiger partial charge in [0.1, 0.15) is 5.75 Å². The van der Waals surface area contributed by atoms with E-state index in [4.69, 9.17) is 10.5 Å². The summed E-state index contributed by atoms with van der Waals surface area (Å²) in [5.41, 5.74) is 6.42. The minimum Gasteiger partial charge on any atom is -0.497 e. The molecule has 3 N–H and O–H groups in total. The molecule has 1 aliphatic rings. The quantitative estimate of drug-likeness (QED) is 0.744. The number of hydrogen-bond donors (Lipinski definition) is 2. The molecule has 144 valence electrons. The lowest BCUT2D eigenvalue weighted by molar-refractivity contribution is -0.126. The van der Waals surface area contributed by atoms with Gasteiger partial charge in [-0.1, -0.05) is 32.4 Å². The molecule has 0 aliphatic carbocycles. The summed E-state index contributed by atoms with van der Waals surface area (Å²) < 4.78 is 5.20. The van der Waals surface area contributed by atoms with Crippen molar-refractivity contribution >= 4 is 11.8 Å². The zero-order valence-corrected chi connectivity index (χ0v) is 16.0. The Morgan fingerprint density at radius 2 is 1.96 bits per heavy atom. The molecule has 6 heteroatoms. The second-order valence-corrected chi connectivity index (χ2v) is 7.35. The van der Waals surface area contributed by atoms with Crippen LogP contribution in [0.4, 0.5) is 0 Å². The van der Waals surface area contributed by atoms with Crippen molar-refractivity contribution in [3.63, 3.8) is 0 Å². The maximum Gasteiger partial charge on any atom is 0.234 e. The van der Waals surface area contributed by atoms with E-state index in [1.54, 1.807) is 7.11 Å². The van der Waals surface area contributed by atoms with Gasteiger partial charge < -0.3 is 15.8 Å². The predicted octanol–water partition coefficient (Wildman–Crippen LogP) is 2.24. The Hall–Kier alpha value is -2.08. The molecule has 1 aliphatic heterocycles. The van der Waals surface area contributed by atoms with Crippen LogP contribution in [0.1, 0.15) is 51.1 Å². The third kappa shape index (κ3) is 5.73. The topological polar surface area (TPSA) is 84.7 Å². The highest BCUT2D eigenvalue weighted by molar-refractivity contribution is 5.79. The van der Waals surface area contributed by atoms with Crippen LogP contribution < -0.4 is 15.8 Å². The Morgan fingerprint density at radius 1 is 1.27 bits per heavy atom. The van der Waals surface area contributed by atoms with E-state index in [1.165, 1.54) is 0 Å².